The minimum atomic E-state index is -0.789. The molecule has 0 aliphatic heterocycles. The first-order chi connectivity index (χ1) is 10.6. The summed E-state index contributed by atoms with van der Waals surface area (Å²) in [5.74, 6) is 0.331. The maximum absolute atomic E-state index is 13.1. The lowest BCUT2D eigenvalue weighted by atomic mass is 9.75. The van der Waals surface area contributed by atoms with Crippen LogP contribution in [0.25, 0.3) is 0 Å². The van der Waals surface area contributed by atoms with E-state index in [0.29, 0.717) is 19.2 Å². The van der Waals surface area contributed by atoms with Gasteiger partial charge in [-0.15, -0.1) is 0 Å². The van der Waals surface area contributed by atoms with Crippen LogP contribution in [0.1, 0.15) is 29.6 Å². The molecule has 0 aromatic heterocycles. The van der Waals surface area contributed by atoms with E-state index in [2.05, 4.69) is 10.1 Å². The topological polar surface area (TPSA) is 79.2 Å². The zero-order chi connectivity index (χ0) is 16.4. The van der Waals surface area contributed by atoms with Gasteiger partial charge in [0.1, 0.15) is 11.9 Å². The number of nitriles is 1. The Morgan fingerprint density at radius 1 is 1.45 bits per heavy atom. The Balaban J connectivity index is 2.59. The maximum atomic E-state index is 13.1. The van der Waals surface area contributed by atoms with E-state index in [1.807, 2.05) is 5.97 Å². The smallest absolute Gasteiger partial charge is 0.328 e. The fourth-order valence-corrected chi connectivity index (χ4v) is 1.92. The van der Waals surface area contributed by atoms with E-state index in [9.17, 15) is 14.0 Å². The number of nitrogens with zero attached hydrogens (tertiary/aromatic N) is 1. The Morgan fingerprint density at radius 3 is 2.86 bits per heavy atom. The van der Waals surface area contributed by atoms with Gasteiger partial charge in [0, 0.05) is 5.56 Å². The summed E-state index contributed by atoms with van der Waals surface area (Å²) in [4.78, 5) is 23.7. The fourth-order valence-electron chi connectivity index (χ4n) is 1.92. The molecule has 1 N–H and O–H groups in total. The molecule has 0 aliphatic rings. The highest BCUT2D eigenvalue weighted by molar-refractivity contribution is 6.44. The molecule has 7 heteroatoms. The molecule has 1 rings (SSSR count). The van der Waals surface area contributed by atoms with Crippen LogP contribution in [0.5, 0.6) is 0 Å². The van der Waals surface area contributed by atoms with Crippen LogP contribution in [-0.4, -0.2) is 32.3 Å². The monoisotopic (exact) mass is 303 g/mol. The van der Waals surface area contributed by atoms with E-state index in [4.69, 9.17) is 5.26 Å². The standard InChI is InChI=1S/C15H17BFN2O3/c1-22-15(21)13(7-2-3-8-16-10-18)19-14(20)11-5-4-6-12(17)9-11/h4-6,9,13H,2-3,7-8H2,1H3,(H,19,20)/t13-/m0/s1. The largest absolute Gasteiger partial charge is 0.467 e. The summed E-state index contributed by atoms with van der Waals surface area (Å²) in [6, 6.07) is 4.44. The van der Waals surface area contributed by atoms with Gasteiger partial charge in [-0.05, 0) is 30.6 Å². The number of amides is 1. The highest BCUT2D eigenvalue weighted by Crippen LogP contribution is 2.08. The number of hydrogen-bond acceptors (Lipinski definition) is 4. The van der Waals surface area contributed by atoms with Crippen molar-refractivity contribution in [3.8, 4) is 5.97 Å². The number of esters is 1. The zero-order valence-corrected chi connectivity index (χ0v) is 12.3. The normalized spacial score (nSPS) is 11.1. The second-order valence-electron chi connectivity index (χ2n) is 4.68. The Bertz CT molecular complexity index is 560. The summed E-state index contributed by atoms with van der Waals surface area (Å²) in [7, 11) is 2.73. The molecule has 1 amide bonds. The molecule has 0 bridgehead atoms. The van der Waals surface area contributed by atoms with Crippen LogP contribution in [-0.2, 0) is 9.53 Å². The zero-order valence-electron chi connectivity index (χ0n) is 12.3. The molecular formula is C15H17BFN2O3. The summed E-state index contributed by atoms with van der Waals surface area (Å²) in [6.07, 6.45) is 2.41. The number of halogens is 1. The van der Waals surface area contributed by atoms with Gasteiger partial charge in [-0.25, -0.2) is 14.4 Å². The number of nitrogens with one attached hydrogen (secondary N) is 1. The molecule has 1 aromatic rings. The highest BCUT2D eigenvalue weighted by Gasteiger charge is 2.21. The van der Waals surface area contributed by atoms with Gasteiger partial charge < -0.3 is 10.1 Å². The van der Waals surface area contributed by atoms with Gasteiger partial charge in [0.25, 0.3) is 13.2 Å². The predicted octanol–water partition coefficient (Wildman–Crippen LogP) is 1.87. The summed E-state index contributed by atoms with van der Waals surface area (Å²) in [5.41, 5.74) is 0.145. The summed E-state index contributed by atoms with van der Waals surface area (Å²) < 4.78 is 17.8. The first-order valence-electron chi connectivity index (χ1n) is 6.94. The summed E-state index contributed by atoms with van der Waals surface area (Å²) in [6.45, 7) is 0. The fraction of sp³-hybridized carbons (Fsp3) is 0.400. The van der Waals surface area contributed by atoms with E-state index in [-0.39, 0.29) is 5.56 Å². The third kappa shape index (κ3) is 5.96. The number of carbonyl (C=O) groups is 2. The van der Waals surface area contributed by atoms with E-state index in [0.717, 1.165) is 12.5 Å². The minimum absolute atomic E-state index is 0.145. The average Bonchev–Trinajstić information content (AvgIpc) is 2.52. The maximum Gasteiger partial charge on any atom is 0.328 e. The Morgan fingerprint density at radius 2 is 2.23 bits per heavy atom. The number of carbonyl (C=O) groups excluding carboxylic acids is 2. The lowest BCUT2D eigenvalue weighted by Gasteiger charge is -2.16. The van der Waals surface area contributed by atoms with Gasteiger partial charge in [-0.3, -0.25) is 4.79 Å². The molecule has 115 valence electrons. The second kappa shape index (κ2) is 9.56. The van der Waals surface area contributed by atoms with Crippen LogP contribution in [0.3, 0.4) is 0 Å². The molecule has 5 nitrogen and oxygen atoms in total. The summed E-state index contributed by atoms with van der Waals surface area (Å²) >= 11 is 0. The van der Waals surface area contributed by atoms with Gasteiger partial charge in [-0.1, -0.05) is 25.2 Å². The van der Waals surface area contributed by atoms with Crippen molar-refractivity contribution in [1.29, 1.82) is 5.26 Å². The molecule has 0 heterocycles. The number of benzene rings is 1. The van der Waals surface area contributed by atoms with Crippen LogP contribution < -0.4 is 5.32 Å². The van der Waals surface area contributed by atoms with Crippen LogP contribution in [0, 0.1) is 17.0 Å². The third-order valence-corrected chi connectivity index (χ3v) is 3.06. The number of ether oxygens (including phenoxy) is 1. The van der Waals surface area contributed by atoms with Crippen LogP contribution in [0.4, 0.5) is 4.39 Å². The van der Waals surface area contributed by atoms with Crippen molar-refractivity contribution in [3.63, 3.8) is 0 Å². The summed E-state index contributed by atoms with van der Waals surface area (Å²) in [5, 5.41) is 10.9. The van der Waals surface area contributed by atoms with E-state index in [1.165, 1.54) is 32.6 Å². The first kappa shape index (κ1) is 17.7. The van der Waals surface area contributed by atoms with Crippen LogP contribution >= 0.6 is 0 Å². The van der Waals surface area contributed by atoms with Crippen LogP contribution in [0.15, 0.2) is 24.3 Å². The van der Waals surface area contributed by atoms with Gasteiger partial charge in [-0.2, -0.15) is 0 Å². The lowest BCUT2D eigenvalue weighted by Crippen LogP contribution is -2.41. The number of hydrogen-bond donors (Lipinski definition) is 1. The van der Waals surface area contributed by atoms with Crippen molar-refractivity contribution in [1.82, 2.24) is 5.32 Å². The van der Waals surface area contributed by atoms with Crippen molar-refractivity contribution < 1.29 is 18.7 Å². The molecule has 0 spiro atoms. The number of unbranched alkanes of at least 4 members (excludes halogenated alkanes) is 1. The average molecular weight is 303 g/mol. The third-order valence-electron chi connectivity index (χ3n) is 3.06. The van der Waals surface area contributed by atoms with E-state index >= 15 is 0 Å². The van der Waals surface area contributed by atoms with Crippen molar-refractivity contribution in [2.75, 3.05) is 7.11 Å². The molecule has 1 radical (unpaired) electrons. The molecule has 1 aromatic carbocycles. The number of rotatable bonds is 8. The Hall–Kier alpha value is -2.36. The Kier molecular flexibility index (Phi) is 7.69. The molecule has 22 heavy (non-hydrogen) atoms. The minimum Gasteiger partial charge on any atom is -0.467 e. The lowest BCUT2D eigenvalue weighted by molar-refractivity contribution is -0.143. The van der Waals surface area contributed by atoms with Gasteiger partial charge in [0.2, 0.25) is 0 Å². The van der Waals surface area contributed by atoms with Gasteiger partial charge in [0.15, 0.2) is 0 Å². The predicted molar refractivity (Wildman–Crippen MR) is 79.7 cm³/mol. The van der Waals surface area contributed by atoms with E-state index in [1.54, 1.807) is 0 Å². The highest BCUT2D eigenvalue weighted by atomic mass is 19.1. The van der Waals surface area contributed by atoms with Crippen molar-refractivity contribution in [2.24, 2.45) is 0 Å². The van der Waals surface area contributed by atoms with Crippen LogP contribution in [0.2, 0.25) is 6.32 Å². The molecule has 0 fully saturated rings. The molecular weight excluding hydrogens is 286 g/mol. The Labute approximate surface area is 129 Å². The molecule has 0 aliphatic carbocycles. The molecule has 0 unspecified atom stereocenters. The number of methoxy groups -OCH3 is 1. The van der Waals surface area contributed by atoms with Crippen molar-refractivity contribution in [3.05, 3.63) is 35.6 Å². The quantitative estimate of drug-likeness (QED) is 0.452. The van der Waals surface area contributed by atoms with Gasteiger partial charge >= 0.3 is 5.97 Å². The van der Waals surface area contributed by atoms with Crippen molar-refractivity contribution >= 4 is 19.2 Å². The second-order valence-corrected chi connectivity index (χ2v) is 4.68. The van der Waals surface area contributed by atoms with E-state index < -0.39 is 23.7 Å². The SMILES string of the molecule is COC(=O)[C@H](CCCC[B]C#N)NC(=O)c1cccc(F)c1. The van der Waals surface area contributed by atoms with Crippen molar-refractivity contribution in [2.45, 2.75) is 31.6 Å². The molecule has 0 saturated heterocycles. The molecule has 1 atom stereocenters. The first-order valence-corrected chi connectivity index (χ1v) is 6.94. The van der Waals surface area contributed by atoms with Gasteiger partial charge in [0.05, 0.1) is 7.11 Å². The molecule has 0 saturated carbocycles.